The molecule has 2 rings (SSSR count). The van der Waals surface area contributed by atoms with Gasteiger partial charge in [-0.25, -0.2) is 4.39 Å². The first kappa shape index (κ1) is 13.5. The third-order valence-corrected chi connectivity index (χ3v) is 3.85. The molecule has 2 N–H and O–H groups in total. The summed E-state index contributed by atoms with van der Waals surface area (Å²) in [7, 11) is 0. The van der Waals surface area contributed by atoms with E-state index in [1.165, 1.54) is 12.1 Å². The van der Waals surface area contributed by atoms with Crippen LogP contribution in [0.25, 0.3) is 0 Å². The number of hydrogen-bond acceptors (Lipinski definition) is 1. The van der Waals surface area contributed by atoms with Crippen molar-refractivity contribution in [2.45, 2.75) is 12.5 Å². The topological polar surface area (TPSA) is 26.0 Å². The monoisotopic (exact) mass is 327 g/mol. The lowest BCUT2D eigenvalue weighted by Gasteiger charge is -2.13. The van der Waals surface area contributed by atoms with Crippen LogP contribution in [0.2, 0.25) is 5.02 Å². The van der Waals surface area contributed by atoms with E-state index in [4.69, 9.17) is 17.3 Å². The smallest absolute Gasteiger partial charge is 0.142 e. The van der Waals surface area contributed by atoms with Crippen molar-refractivity contribution in [3.8, 4) is 0 Å². The summed E-state index contributed by atoms with van der Waals surface area (Å²) in [6, 6.07) is 12.3. The highest BCUT2D eigenvalue weighted by Crippen LogP contribution is 2.24. The van der Waals surface area contributed by atoms with Crippen molar-refractivity contribution in [1.82, 2.24) is 0 Å². The molecule has 0 amide bonds. The van der Waals surface area contributed by atoms with Gasteiger partial charge in [-0.1, -0.05) is 51.8 Å². The maximum atomic E-state index is 13.4. The molecule has 0 heterocycles. The molecule has 18 heavy (non-hydrogen) atoms. The van der Waals surface area contributed by atoms with E-state index in [0.29, 0.717) is 6.42 Å². The van der Waals surface area contributed by atoms with Crippen LogP contribution in [0.3, 0.4) is 0 Å². The van der Waals surface area contributed by atoms with Crippen molar-refractivity contribution in [3.63, 3.8) is 0 Å². The SMILES string of the molecule is NC(Cc1ccccc1Br)c1ccc(Cl)c(F)c1. The van der Waals surface area contributed by atoms with Gasteiger partial charge in [0.1, 0.15) is 5.82 Å². The van der Waals surface area contributed by atoms with Crippen molar-refractivity contribution in [1.29, 1.82) is 0 Å². The van der Waals surface area contributed by atoms with Crippen LogP contribution in [-0.2, 0) is 6.42 Å². The van der Waals surface area contributed by atoms with Crippen LogP contribution < -0.4 is 5.73 Å². The maximum absolute atomic E-state index is 13.4. The van der Waals surface area contributed by atoms with E-state index in [0.717, 1.165) is 15.6 Å². The Bertz CT molecular complexity index is 559. The molecule has 0 saturated heterocycles. The average Bonchev–Trinajstić information content (AvgIpc) is 2.35. The quantitative estimate of drug-likeness (QED) is 0.883. The minimum atomic E-state index is -0.434. The number of benzene rings is 2. The highest BCUT2D eigenvalue weighted by molar-refractivity contribution is 9.10. The van der Waals surface area contributed by atoms with E-state index >= 15 is 0 Å². The van der Waals surface area contributed by atoms with Gasteiger partial charge in [0.15, 0.2) is 0 Å². The van der Waals surface area contributed by atoms with Crippen LogP contribution in [0.5, 0.6) is 0 Å². The summed E-state index contributed by atoms with van der Waals surface area (Å²) in [6.45, 7) is 0. The van der Waals surface area contributed by atoms with Crippen molar-refractivity contribution < 1.29 is 4.39 Å². The summed E-state index contributed by atoms with van der Waals surface area (Å²) in [5, 5.41) is 0.117. The predicted molar refractivity (Wildman–Crippen MR) is 76.2 cm³/mol. The summed E-state index contributed by atoms with van der Waals surface area (Å²) in [5.74, 6) is -0.434. The normalized spacial score (nSPS) is 12.4. The van der Waals surface area contributed by atoms with Crippen LogP contribution in [0.4, 0.5) is 4.39 Å². The van der Waals surface area contributed by atoms with Crippen LogP contribution >= 0.6 is 27.5 Å². The Labute approximate surface area is 119 Å². The number of hydrogen-bond donors (Lipinski definition) is 1. The number of halogens is 3. The molecule has 0 aromatic heterocycles. The zero-order chi connectivity index (χ0) is 13.1. The molecular weight excluding hydrogens is 317 g/mol. The Hall–Kier alpha value is -0.900. The summed E-state index contributed by atoms with van der Waals surface area (Å²) < 4.78 is 14.4. The molecule has 0 spiro atoms. The van der Waals surface area contributed by atoms with Gasteiger partial charge in [0.2, 0.25) is 0 Å². The number of nitrogens with two attached hydrogens (primary N) is 1. The van der Waals surface area contributed by atoms with E-state index < -0.39 is 5.82 Å². The average molecular weight is 329 g/mol. The van der Waals surface area contributed by atoms with Crippen molar-refractivity contribution in [2.24, 2.45) is 5.73 Å². The molecule has 0 aliphatic heterocycles. The van der Waals surface area contributed by atoms with Gasteiger partial charge in [-0.15, -0.1) is 0 Å². The van der Waals surface area contributed by atoms with E-state index in [1.807, 2.05) is 24.3 Å². The zero-order valence-corrected chi connectivity index (χ0v) is 11.9. The van der Waals surface area contributed by atoms with Crippen molar-refractivity contribution in [3.05, 3.63) is 68.9 Å². The van der Waals surface area contributed by atoms with E-state index in [2.05, 4.69) is 15.9 Å². The Kier molecular flexibility index (Phi) is 4.38. The van der Waals surface area contributed by atoms with Gasteiger partial charge < -0.3 is 5.73 Å². The highest BCUT2D eigenvalue weighted by atomic mass is 79.9. The Morgan fingerprint density at radius 2 is 1.94 bits per heavy atom. The summed E-state index contributed by atoms with van der Waals surface area (Å²) in [4.78, 5) is 0. The van der Waals surface area contributed by atoms with Gasteiger partial charge in [0, 0.05) is 10.5 Å². The van der Waals surface area contributed by atoms with E-state index in [9.17, 15) is 4.39 Å². The molecule has 0 bridgehead atoms. The minimum Gasteiger partial charge on any atom is -0.324 e. The molecule has 0 aliphatic rings. The molecule has 0 saturated carbocycles. The van der Waals surface area contributed by atoms with Gasteiger partial charge in [-0.3, -0.25) is 0 Å². The first-order valence-electron chi connectivity index (χ1n) is 5.52. The molecule has 2 aromatic rings. The van der Waals surface area contributed by atoms with Gasteiger partial charge in [-0.2, -0.15) is 0 Å². The minimum absolute atomic E-state index is 0.117. The van der Waals surface area contributed by atoms with Crippen LogP contribution in [0.1, 0.15) is 17.2 Å². The lowest BCUT2D eigenvalue weighted by molar-refractivity contribution is 0.619. The Balaban J connectivity index is 2.19. The summed E-state index contributed by atoms with van der Waals surface area (Å²) in [5.41, 5.74) is 7.93. The lowest BCUT2D eigenvalue weighted by Crippen LogP contribution is -2.13. The first-order chi connectivity index (χ1) is 8.58. The van der Waals surface area contributed by atoms with Crippen molar-refractivity contribution in [2.75, 3.05) is 0 Å². The van der Waals surface area contributed by atoms with Gasteiger partial charge >= 0.3 is 0 Å². The standard InChI is InChI=1S/C14H12BrClFN/c15-11-4-2-1-3-9(11)8-14(18)10-5-6-12(16)13(17)7-10/h1-7,14H,8,18H2. The Morgan fingerprint density at radius 3 is 2.61 bits per heavy atom. The number of rotatable bonds is 3. The molecule has 1 nitrogen and oxygen atoms in total. The maximum Gasteiger partial charge on any atom is 0.142 e. The third kappa shape index (κ3) is 3.10. The van der Waals surface area contributed by atoms with E-state index in [1.54, 1.807) is 6.07 Å². The second kappa shape index (κ2) is 5.83. The van der Waals surface area contributed by atoms with Crippen LogP contribution in [0.15, 0.2) is 46.9 Å². The molecule has 1 unspecified atom stereocenters. The molecular formula is C14H12BrClFN. The fourth-order valence-electron chi connectivity index (χ4n) is 1.76. The van der Waals surface area contributed by atoms with Crippen LogP contribution in [-0.4, -0.2) is 0 Å². The summed E-state index contributed by atoms with van der Waals surface area (Å²) in [6.07, 6.45) is 0.641. The molecule has 2 aromatic carbocycles. The molecule has 94 valence electrons. The van der Waals surface area contributed by atoms with E-state index in [-0.39, 0.29) is 11.1 Å². The molecule has 4 heteroatoms. The molecule has 0 radical (unpaired) electrons. The van der Waals surface area contributed by atoms with Gasteiger partial charge in [-0.05, 0) is 35.7 Å². The lowest BCUT2D eigenvalue weighted by atomic mass is 10.00. The second-order valence-electron chi connectivity index (χ2n) is 4.08. The summed E-state index contributed by atoms with van der Waals surface area (Å²) >= 11 is 9.12. The molecule has 0 fully saturated rings. The van der Waals surface area contributed by atoms with Gasteiger partial charge in [0.05, 0.1) is 5.02 Å². The third-order valence-electron chi connectivity index (χ3n) is 2.77. The first-order valence-corrected chi connectivity index (χ1v) is 6.69. The zero-order valence-electron chi connectivity index (χ0n) is 9.54. The second-order valence-corrected chi connectivity index (χ2v) is 5.34. The molecule has 1 atom stereocenters. The fourth-order valence-corrected chi connectivity index (χ4v) is 2.33. The Morgan fingerprint density at radius 1 is 1.22 bits per heavy atom. The predicted octanol–water partition coefficient (Wildman–Crippen LogP) is 4.48. The van der Waals surface area contributed by atoms with Crippen molar-refractivity contribution >= 4 is 27.5 Å². The fraction of sp³-hybridized carbons (Fsp3) is 0.143. The highest BCUT2D eigenvalue weighted by Gasteiger charge is 2.11. The molecule has 0 aliphatic carbocycles. The van der Waals surface area contributed by atoms with Gasteiger partial charge in [0.25, 0.3) is 0 Å². The largest absolute Gasteiger partial charge is 0.324 e. The van der Waals surface area contributed by atoms with Crippen LogP contribution in [0, 0.1) is 5.82 Å².